The monoisotopic (exact) mass is 209 g/mol. The first-order chi connectivity index (χ1) is 5.93. The molecule has 0 radical (unpaired) electrons. The van der Waals surface area contributed by atoms with Gasteiger partial charge in [0.15, 0.2) is 0 Å². The van der Waals surface area contributed by atoms with Crippen LogP contribution in [-0.4, -0.2) is 44.6 Å². The number of aliphatic hydroxyl groups excluding tert-OH is 2. The van der Waals surface area contributed by atoms with E-state index in [1.807, 2.05) is 0 Å². The maximum absolute atomic E-state index is 10.3. The van der Waals surface area contributed by atoms with Crippen LogP contribution >= 0.6 is 11.8 Å². The van der Waals surface area contributed by atoms with E-state index in [0.29, 0.717) is 0 Å². The van der Waals surface area contributed by atoms with Crippen LogP contribution < -0.4 is 5.73 Å². The van der Waals surface area contributed by atoms with Gasteiger partial charge in [-0.05, 0) is 6.92 Å². The normalized spacial score (nSPS) is 17.8. The molecule has 5 nitrogen and oxygen atoms in total. The van der Waals surface area contributed by atoms with Gasteiger partial charge in [-0.1, -0.05) is 0 Å². The van der Waals surface area contributed by atoms with Crippen LogP contribution in [0, 0.1) is 0 Å². The van der Waals surface area contributed by atoms with E-state index in [0.717, 1.165) is 11.8 Å². The van der Waals surface area contributed by atoms with Gasteiger partial charge < -0.3 is 21.1 Å². The largest absolute Gasteiger partial charge is 0.480 e. The summed E-state index contributed by atoms with van der Waals surface area (Å²) in [5, 5.41) is 26.5. The number of aliphatic carboxylic acids is 1. The minimum atomic E-state index is -1.09. The molecular weight excluding hydrogens is 194 g/mol. The lowest BCUT2D eigenvalue weighted by atomic mass is 10.3. The van der Waals surface area contributed by atoms with E-state index in [1.54, 1.807) is 6.92 Å². The predicted octanol–water partition coefficient (Wildman–Crippen LogP) is -0.779. The minimum absolute atomic E-state index is 0.142. The van der Waals surface area contributed by atoms with Crippen LogP contribution in [0.15, 0.2) is 0 Å². The molecule has 0 bridgehead atoms. The van der Waals surface area contributed by atoms with Crippen LogP contribution in [0.2, 0.25) is 0 Å². The molecule has 0 saturated heterocycles. The van der Waals surface area contributed by atoms with Crippen LogP contribution in [0.1, 0.15) is 13.3 Å². The molecule has 0 aliphatic heterocycles. The van der Waals surface area contributed by atoms with Crippen molar-refractivity contribution in [2.45, 2.75) is 30.9 Å². The van der Waals surface area contributed by atoms with Crippen molar-refractivity contribution in [1.82, 2.24) is 0 Å². The molecule has 78 valence electrons. The summed E-state index contributed by atoms with van der Waals surface area (Å²) in [6, 6.07) is -0.964. The minimum Gasteiger partial charge on any atom is -0.480 e. The molecule has 0 fully saturated rings. The molecule has 0 aliphatic carbocycles. The van der Waals surface area contributed by atoms with Crippen molar-refractivity contribution in [3.05, 3.63) is 0 Å². The van der Waals surface area contributed by atoms with Gasteiger partial charge in [0, 0.05) is 12.2 Å². The zero-order valence-electron chi connectivity index (χ0n) is 7.38. The van der Waals surface area contributed by atoms with Crippen LogP contribution in [0.4, 0.5) is 0 Å². The molecule has 0 rings (SSSR count). The molecule has 5 N–H and O–H groups in total. The number of hydrogen-bond acceptors (Lipinski definition) is 5. The van der Waals surface area contributed by atoms with Gasteiger partial charge in [-0.3, -0.25) is 4.79 Å². The van der Waals surface area contributed by atoms with E-state index in [1.165, 1.54) is 0 Å². The number of nitrogens with two attached hydrogens (primary N) is 1. The lowest BCUT2D eigenvalue weighted by Crippen LogP contribution is -2.33. The van der Waals surface area contributed by atoms with Gasteiger partial charge in [-0.25, -0.2) is 0 Å². The number of hydrogen-bond donors (Lipinski definition) is 4. The van der Waals surface area contributed by atoms with Gasteiger partial charge in [0.1, 0.15) is 11.5 Å². The highest BCUT2D eigenvalue weighted by Gasteiger charge is 2.15. The van der Waals surface area contributed by atoms with Gasteiger partial charge in [-0.2, -0.15) is 0 Å². The van der Waals surface area contributed by atoms with Gasteiger partial charge in [0.2, 0.25) is 0 Å². The van der Waals surface area contributed by atoms with Crippen LogP contribution in [0.25, 0.3) is 0 Å². The fourth-order valence-electron chi connectivity index (χ4n) is 0.646. The van der Waals surface area contributed by atoms with Crippen molar-refractivity contribution in [2.75, 3.05) is 5.75 Å². The lowest BCUT2D eigenvalue weighted by Gasteiger charge is -2.13. The summed E-state index contributed by atoms with van der Waals surface area (Å²) in [5.41, 5.74) is 4.44. The summed E-state index contributed by atoms with van der Waals surface area (Å²) < 4.78 is 0. The Bertz CT molecular complexity index is 165. The SMILES string of the molecule is CC(O)CC(O)SCC(N)C(=O)O. The summed E-state index contributed by atoms with van der Waals surface area (Å²) in [5.74, 6) is -0.944. The number of aliphatic hydroxyl groups is 2. The number of rotatable bonds is 6. The van der Waals surface area contributed by atoms with Gasteiger partial charge >= 0.3 is 5.97 Å². The van der Waals surface area contributed by atoms with Crippen molar-refractivity contribution in [2.24, 2.45) is 5.73 Å². The first-order valence-electron chi connectivity index (χ1n) is 3.89. The van der Waals surface area contributed by atoms with Crippen molar-refractivity contribution in [1.29, 1.82) is 0 Å². The Hall–Kier alpha value is -0.300. The highest BCUT2D eigenvalue weighted by atomic mass is 32.2. The van der Waals surface area contributed by atoms with E-state index in [2.05, 4.69) is 0 Å². The molecule has 0 aliphatic rings. The Balaban J connectivity index is 3.57. The topological polar surface area (TPSA) is 104 Å². The maximum Gasteiger partial charge on any atom is 0.321 e. The molecule has 0 saturated carbocycles. The molecule has 3 unspecified atom stereocenters. The van der Waals surface area contributed by atoms with Gasteiger partial charge in [0.25, 0.3) is 0 Å². The Labute approximate surface area is 80.9 Å². The van der Waals surface area contributed by atoms with Crippen LogP contribution in [-0.2, 0) is 4.79 Å². The summed E-state index contributed by atoms with van der Waals surface area (Å²) in [4.78, 5) is 10.3. The van der Waals surface area contributed by atoms with E-state index in [4.69, 9.17) is 15.9 Å². The number of carboxylic acid groups (broad SMARTS) is 1. The summed E-state index contributed by atoms with van der Waals surface area (Å²) in [7, 11) is 0. The van der Waals surface area contributed by atoms with Gasteiger partial charge in [0.05, 0.1) is 6.10 Å². The second kappa shape index (κ2) is 6.20. The summed E-state index contributed by atoms with van der Waals surface area (Å²) >= 11 is 1.03. The molecule has 0 aromatic carbocycles. The fourth-order valence-corrected chi connectivity index (χ4v) is 1.63. The van der Waals surface area contributed by atoms with Crippen molar-refractivity contribution < 1.29 is 20.1 Å². The standard InChI is InChI=1S/C7H15NO4S/c1-4(9)2-6(10)13-3-5(8)7(11)12/h4-6,9-10H,2-3,8H2,1H3,(H,11,12). The molecular formula is C7H15NO4S. The number of carboxylic acids is 1. The molecule has 0 amide bonds. The average Bonchev–Trinajstić information content (AvgIpc) is 1.98. The van der Waals surface area contributed by atoms with E-state index in [-0.39, 0.29) is 12.2 Å². The lowest BCUT2D eigenvalue weighted by molar-refractivity contribution is -0.137. The second-order valence-corrected chi connectivity index (χ2v) is 4.03. The Morgan fingerprint density at radius 1 is 1.54 bits per heavy atom. The molecule has 6 heteroatoms. The average molecular weight is 209 g/mol. The smallest absolute Gasteiger partial charge is 0.321 e. The predicted molar refractivity (Wildman–Crippen MR) is 50.4 cm³/mol. The van der Waals surface area contributed by atoms with Crippen LogP contribution in [0.3, 0.4) is 0 Å². The van der Waals surface area contributed by atoms with E-state index in [9.17, 15) is 9.90 Å². The highest BCUT2D eigenvalue weighted by molar-refractivity contribution is 7.99. The molecule has 3 atom stereocenters. The first kappa shape index (κ1) is 12.7. The zero-order chi connectivity index (χ0) is 10.4. The fraction of sp³-hybridized carbons (Fsp3) is 0.857. The van der Waals surface area contributed by atoms with Crippen LogP contribution in [0.5, 0.6) is 0 Å². The van der Waals surface area contributed by atoms with Crippen molar-refractivity contribution >= 4 is 17.7 Å². The Morgan fingerprint density at radius 2 is 2.08 bits per heavy atom. The van der Waals surface area contributed by atoms with E-state index < -0.39 is 23.6 Å². The third-order valence-corrected chi connectivity index (χ3v) is 2.46. The number of carbonyl (C=O) groups is 1. The highest BCUT2D eigenvalue weighted by Crippen LogP contribution is 2.14. The molecule has 0 aromatic heterocycles. The maximum atomic E-state index is 10.3. The Kier molecular flexibility index (Phi) is 6.06. The van der Waals surface area contributed by atoms with Crippen molar-refractivity contribution in [3.8, 4) is 0 Å². The summed E-state index contributed by atoms with van der Waals surface area (Å²) in [6.45, 7) is 1.56. The third-order valence-electron chi connectivity index (χ3n) is 1.33. The molecule has 0 aromatic rings. The third kappa shape index (κ3) is 6.83. The van der Waals surface area contributed by atoms with E-state index >= 15 is 0 Å². The quantitative estimate of drug-likeness (QED) is 0.428. The number of thioether (sulfide) groups is 1. The molecule has 0 spiro atoms. The summed E-state index contributed by atoms with van der Waals surface area (Å²) in [6.07, 6.45) is -0.375. The zero-order valence-corrected chi connectivity index (χ0v) is 8.20. The van der Waals surface area contributed by atoms with Gasteiger partial charge in [-0.15, -0.1) is 11.8 Å². The first-order valence-corrected chi connectivity index (χ1v) is 4.94. The second-order valence-electron chi connectivity index (χ2n) is 2.82. The molecule has 0 heterocycles. The molecule has 13 heavy (non-hydrogen) atoms. The Morgan fingerprint density at radius 3 is 2.46 bits per heavy atom. The van der Waals surface area contributed by atoms with Crippen molar-refractivity contribution in [3.63, 3.8) is 0 Å².